The Morgan fingerprint density at radius 2 is 1.94 bits per heavy atom. The lowest BCUT2D eigenvalue weighted by Gasteiger charge is -2.21. The lowest BCUT2D eigenvalue weighted by molar-refractivity contribution is -0.120. The second-order valence-corrected chi connectivity index (χ2v) is 5.59. The number of nitrogens with one attached hydrogen (secondary N) is 3. The van der Waals surface area contributed by atoms with E-state index in [2.05, 4.69) is 25.8 Å². The predicted molar refractivity (Wildman–Crippen MR) is 69.3 cm³/mol. The van der Waals surface area contributed by atoms with E-state index in [0.29, 0.717) is 5.96 Å². The first-order valence-corrected chi connectivity index (χ1v) is 5.96. The van der Waals surface area contributed by atoms with Crippen LogP contribution < -0.4 is 10.6 Å². The van der Waals surface area contributed by atoms with Crippen LogP contribution in [0.3, 0.4) is 0 Å². The van der Waals surface area contributed by atoms with Gasteiger partial charge in [-0.25, -0.2) is 4.99 Å². The fourth-order valence-electron chi connectivity index (χ4n) is 1.98. The first kappa shape index (κ1) is 12.6. The maximum Gasteiger partial charge on any atom is 0.256 e. The number of amides is 1. The highest BCUT2D eigenvalue weighted by molar-refractivity contribution is 6.05. The number of rotatable bonds is 1. The Hall–Kier alpha value is -1.85. The van der Waals surface area contributed by atoms with E-state index in [1.165, 1.54) is 0 Å². The topological polar surface area (TPSA) is 82.2 Å². The van der Waals surface area contributed by atoms with Crippen molar-refractivity contribution in [1.82, 2.24) is 20.8 Å². The molecule has 18 heavy (non-hydrogen) atoms. The Balaban J connectivity index is 2.28. The quantitative estimate of drug-likeness (QED) is 0.692. The third-order valence-corrected chi connectivity index (χ3v) is 2.70. The van der Waals surface area contributed by atoms with Gasteiger partial charge < -0.3 is 5.32 Å². The molecule has 2 rings (SSSR count). The number of hydrogen-bond acceptors (Lipinski definition) is 4. The largest absolute Gasteiger partial charge is 0.351 e. The lowest BCUT2D eigenvalue weighted by Crippen LogP contribution is -2.46. The molecule has 0 spiro atoms. The van der Waals surface area contributed by atoms with E-state index in [9.17, 15) is 4.79 Å². The van der Waals surface area contributed by atoms with Crippen molar-refractivity contribution in [3.63, 3.8) is 0 Å². The van der Waals surface area contributed by atoms with Crippen molar-refractivity contribution in [2.45, 2.75) is 46.2 Å². The molecule has 0 aromatic carbocycles. The molecule has 1 aromatic heterocycles. The van der Waals surface area contributed by atoms with E-state index in [-0.39, 0.29) is 11.4 Å². The molecule has 1 aliphatic rings. The van der Waals surface area contributed by atoms with Crippen molar-refractivity contribution < 1.29 is 4.79 Å². The van der Waals surface area contributed by atoms with Crippen molar-refractivity contribution in [3.8, 4) is 0 Å². The maximum absolute atomic E-state index is 12.0. The van der Waals surface area contributed by atoms with Crippen LogP contribution in [0.2, 0.25) is 0 Å². The van der Waals surface area contributed by atoms with E-state index in [1.807, 2.05) is 34.6 Å². The van der Waals surface area contributed by atoms with Crippen LogP contribution in [0, 0.1) is 13.8 Å². The SMILES string of the molecule is Cc1n[nH]c(C)c1C1N=C(NC(C)(C)C)NC1=O. The molecular formula is C12H19N5O. The Bertz CT molecular complexity index is 490. The van der Waals surface area contributed by atoms with Crippen LogP contribution in [0.15, 0.2) is 4.99 Å². The Morgan fingerprint density at radius 1 is 1.28 bits per heavy atom. The number of guanidine groups is 1. The monoisotopic (exact) mass is 249 g/mol. The molecule has 0 saturated heterocycles. The molecule has 1 aromatic rings. The molecule has 0 fully saturated rings. The van der Waals surface area contributed by atoms with Crippen molar-refractivity contribution in [1.29, 1.82) is 0 Å². The highest BCUT2D eigenvalue weighted by Gasteiger charge is 2.32. The van der Waals surface area contributed by atoms with Crippen LogP contribution in [0.4, 0.5) is 0 Å². The summed E-state index contributed by atoms with van der Waals surface area (Å²) in [6, 6.07) is -0.506. The second-order valence-electron chi connectivity index (χ2n) is 5.59. The average molecular weight is 249 g/mol. The summed E-state index contributed by atoms with van der Waals surface area (Å²) < 4.78 is 0. The van der Waals surface area contributed by atoms with E-state index in [4.69, 9.17) is 0 Å². The van der Waals surface area contributed by atoms with E-state index >= 15 is 0 Å². The summed E-state index contributed by atoms with van der Waals surface area (Å²) >= 11 is 0. The Labute approximate surface area is 106 Å². The number of carbonyl (C=O) groups is 1. The summed E-state index contributed by atoms with van der Waals surface area (Å²) in [5.74, 6) is 0.409. The molecule has 3 N–H and O–H groups in total. The smallest absolute Gasteiger partial charge is 0.256 e. The third-order valence-electron chi connectivity index (χ3n) is 2.70. The van der Waals surface area contributed by atoms with Crippen LogP contribution >= 0.6 is 0 Å². The minimum atomic E-state index is -0.506. The number of aromatic amines is 1. The number of aromatic nitrogens is 2. The van der Waals surface area contributed by atoms with Crippen molar-refractivity contribution in [3.05, 3.63) is 17.0 Å². The highest BCUT2D eigenvalue weighted by atomic mass is 16.2. The zero-order chi connectivity index (χ0) is 13.5. The van der Waals surface area contributed by atoms with Crippen LogP contribution in [-0.4, -0.2) is 27.6 Å². The number of aryl methyl sites for hydroxylation is 2. The molecular weight excluding hydrogens is 230 g/mol. The molecule has 6 heteroatoms. The van der Waals surface area contributed by atoms with Crippen LogP contribution in [0.25, 0.3) is 0 Å². The van der Waals surface area contributed by atoms with Gasteiger partial charge in [0.1, 0.15) is 0 Å². The van der Waals surface area contributed by atoms with Crippen molar-refractivity contribution in [2.75, 3.05) is 0 Å². The van der Waals surface area contributed by atoms with Gasteiger partial charge >= 0.3 is 0 Å². The summed E-state index contributed by atoms with van der Waals surface area (Å²) in [4.78, 5) is 16.4. The van der Waals surface area contributed by atoms with E-state index in [1.54, 1.807) is 0 Å². The first-order chi connectivity index (χ1) is 8.28. The van der Waals surface area contributed by atoms with E-state index < -0.39 is 6.04 Å². The lowest BCUT2D eigenvalue weighted by atomic mass is 10.1. The van der Waals surface area contributed by atoms with Crippen molar-refractivity contribution >= 4 is 11.9 Å². The van der Waals surface area contributed by atoms with E-state index in [0.717, 1.165) is 17.0 Å². The number of hydrogen-bond donors (Lipinski definition) is 3. The molecule has 1 amide bonds. The molecule has 0 bridgehead atoms. The van der Waals surface area contributed by atoms with Crippen molar-refractivity contribution in [2.24, 2.45) is 4.99 Å². The van der Waals surface area contributed by atoms with Gasteiger partial charge in [-0.15, -0.1) is 0 Å². The van der Waals surface area contributed by atoms with Gasteiger partial charge in [0, 0.05) is 16.8 Å². The molecule has 1 aliphatic heterocycles. The van der Waals surface area contributed by atoms with Crippen LogP contribution in [0.1, 0.15) is 43.8 Å². The fraction of sp³-hybridized carbons (Fsp3) is 0.583. The van der Waals surface area contributed by atoms with Gasteiger partial charge in [0.05, 0.1) is 5.69 Å². The summed E-state index contributed by atoms with van der Waals surface area (Å²) in [5.41, 5.74) is 2.42. The number of nitrogens with zero attached hydrogens (tertiary/aromatic N) is 2. The van der Waals surface area contributed by atoms with Gasteiger partial charge in [-0.1, -0.05) is 0 Å². The normalized spacial score (nSPS) is 19.7. The number of aliphatic imine (C=N–C) groups is 1. The molecule has 0 aliphatic carbocycles. The Morgan fingerprint density at radius 3 is 2.44 bits per heavy atom. The first-order valence-electron chi connectivity index (χ1n) is 5.96. The van der Waals surface area contributed by atoms with Crippen LogP contribution in [-0.2, 0) is 4.79 Å². The molecule has 6 nitrogen and oxygen atoms in total. The second kappa shape index (κ2) is 4.12. The number of carbonyl (C=O) groups excluding carboxylic acids is 1. The molecule has 0 saturated carbocycles. The zero-order valence-electron chi connectivity index (χ0n) is 11.4. The Kier molecular flexibility index (Phi) is 2.88. The summed E-state index contributed by atoms with van der Waals surface area (Å²) in [5, 5.41) is 12.9. The average Bonchev–Trinajstić information content (AvgIpc) is 2.68. The predicted octanol–water partition coefficient (Wildman–Crippen LogP) is 0.942. The van der Waals surface area contributed by atoms with Gasteiger partial charge in [0.25, 0.3) is 5.91 Å². The van der Waals surface area contributed by atoms with Crippen LogP contribution in [0.5, 0.6) is 0 Å². The fourth-order valence-corrected chi connectivity index (χ4v) is 1.98. The van der Waals surface area contributed by atoms with Gasteiger partial charge in [-0.3, -0.25) is 15.2 Å². The van der Waals surface area contributed by atoms with Gasteiger partial charge in [0.2, 0.25) is 0 Å². The molecule has 98 valence electrons. The van der Waals surface area contributed by atoms with Gasteiger partial charge in [-0.2, -0.15) is 5.10 Å². The molecule has 1 unspecified atom stereocenters. The standard InChI is InChI=1S/C12H19N5O/c1-6-8(7(2)17-16-6)9-10(18)14-11(13-9)15-12(3,4)5/h9H,1-5H3,(H,16,17)(H2,13,14,15,18). The zero-order valence-corrected chi connectivity index (χ0v) is 11.4. The maximum atomic E-state index is 12.0. The third kappa shape index (κ3) is 2.37. The summed E-state index contributed by atoms with van der Waals surface area (Å²) in [6.07, 6.45) is 0. The molecule has 1 atom stereocenters. The van der Waals surface area contributed by atoms with Gasteiger partial charge in [-0.05, 0) is 34.6 Å². The summed E-state index contributed by atoms with van der Waals surface area (Å²) in [6.45, 7) is 9.82. The number of H-pyrrole nitrogens is 1. The summed E-state index contributed by atoms with van der Waals surface area (Å²) in [7, 11) is 0. The highest BCUT2D eigenvalue weighted by Crippen LogP contribution is 2.25. The molecule has 0 radical (unpaired) electrons. The van der Waals surface area contributed by atoms with Gasteiger partial charge in [0.15, 0.2) is 12.0 Å². The minimum absolute atomic E-state index is 0.116. The minimum Gasteiger partial charge on any atom is -0.351 e. The molecule has 2 heterocycles.